The lowest BCUT2D eigenvalue weighted by Gasteiger charge is -2.03. The van der Waals surface area contributed by atoms with E-state index in [-0.39, 0.29) is 0 Å². The Morgan fingerprint density at radius 3 is 2.94 bits per heavy atom. The van der Waals surface area contributed by atoms with Crippen molar-refractivity contribution in [1.82, 2.24) is 15.1 Å². The number of halogens is 1. The second kappa shape index (κ2) is 3.71. The number of nitrogens with zero attached hydrogens (tertiary/aromatic N) is 2. The minimum atomic E-state index is -0.598. The predicted molar refractivity (Wildman–Crippen MR) is 62.9 cm³/mol. The SMILES string of the molecule is O=c1[nH]c(-c2ccc(Cl)c3cccnc23)no1. The fraction of sp³-hybridized carbons (Fsp3) is 0. The number of aromatic amines is 1. The summed E-state index contributed by atoms with van der Waals surface area (Å²) >= 11 is 6.07. The Hall–Kier alpha value is -2.14. The van der Waals surface area contributed by atoms with Gasteiger partial charge < -0.3 is 0 Å². The van der Waals surface area contributed by atoms with Gasteiger partial charge in [-0.05, 0) is 24.3 Å². The fourth-order valence-electron chi connectivity index (χ4n) is 1.67. The van der Waals surface area contributed by atoms with Crippen LogP contribution in [0.4, 0.5) is 0 Å². The first-order chi connectivity index (χ1) is 8.25. The minimum absolute atomic E-state index is 0.343. The number of H-pyrrole nitrogens is 1. The molecule has 3 aromatic rings. The van der Waals surface area contributed by atoms with Gasteiger partial charge in [0.15, 0.2) is 5.82 Å². The molecule has 0 aliphatic carbocycles. The van der Waals surface area contributed by atoms with Crippen LogP contribution < -0.4 is 5.76 Å². The second-order valence-corrected chi connectivity index (χ2v) is 3.85. The number of aromatic nitrogens is 3. The van der Waals surface area contributed by atoms with E-state index in [2.05, 4.69) is 19.6 Å². The smallest absolute Gasteiger partial charge is 0.296 e. The Morgan fingerprint density at radius 1 is 1.29 bits per heavy atom. The van der Waals surface area contributed by atoms with E-state index in [0.717, 1.165) is 5.39 Å². The van der Waals surface area contributed by atoms with Crippen molar-refractivity contribution in [3.8, 4) is 11.4 Å². The number of benzene rings is 1. The number of nitrogens with one attached hydrogen (secondary N) is 1. The summed E-state index contributed by atoms with van der Waals surface area (Å²) in [7, 11) is 0. The Kier molecular flexibility index (Phi) is 2.19. The maximum atomic E-state index is 10.9. The fourth-order valence-corrected chi connectivity index (χ4v) is 1.89. The van der Waals surface area contributed by atoms with Gasteiger partial charge in [0, 0.05) is 17.1 Å². The van der Waals surface area contributed by atoms with Gasteiger partial charge in [-0.1, -0.05) is 16.8 Å². The molecule has 0 unspecified atom stereocenters. The van der Waals surface area contributed by atoms with E-state index in [4.69, 9.17) is 11.6 Å². The average molecular weight is 248 g/mol. The van der Waals surface area contributed by atoms with Crippen LogP contribution in [0.2, 0.25) is 5.02 Å². The molecule has 6 heteroatoms. The number of rotatable bonds is 1. The predicted octanol–water partition coefficient (Wildman–Crippen LogP) is 2.23. The van der Waals surface area contributed by atoms with Crippen molar-refractivity contribution in [3.63, 3.8) is 0 Å². The Bertz CT molecular complexity index is 748. The van der Waals surface area contributed by atoms with Crippen LogP contribution in [-0.2, 0) is 0 Å². The summed E-state index contributed by atoms with van der Waals surface area (Å²) < 4.78 is 4.48. The summed E-state index contributed by atoms with van der Waals surface area (Å²) in [6.07, 6.45) is 1.65. The highest BCUT2D eigenvalue weighted by Gasteiger charge is 2.11. The van der Waals surface area contributed by atoms with Crippen LogP contribution in [0, 0.1) is 0 Å². The molecule has 5 nitrogen and oxygen atoms in total. The van der Waals surface area contributed by atoms with E-state index in [1.54, 1.807) is 24.4 Å². The highest BCUT2D eigenvalue weighted by Crippen LogP contribution is 2.29. The first-order valence-electron chi connectivity index (χ1n) is 4.85. The largest absolute Gasteiger partial charge is 0.439 e. The van der Waals surface area contributed by atoms with Gasteiger partial charge >= 0.3 is 5.76 Å². The zero-order valence-electron chi connectivity index (χ0n) is 8.48. The third-order valence-corrected chi connectivity index (χ3v) is 2.74. The van der Waals surface area contributed by atoms with Crippen molar-refractivity contribution in [1.29, 1.82) is 0 Å². The van der Waals surface area contributed by atoms with Gasteiger partial charge in [0.05, 0.1) is 10.5 Å². The third-order valence-electron chi connectivity index (χ3n) is 2.41. The lowest BCUT2D eigenvalue weighted by Crippen LogP contribution is -1.95. The van der Waals surface area contributed by atoms with Gasteiger partial charge in [-0.3, -0.25) is 14.5 Å². The molecule has 1 N–H and O–H groups in total. The summed E-state index contributed by atoms with van der Waals surface area (Å²) in [4.78, 5) is 17.7. The molecule has 0 bridgehead atoms. The van der Waals surface area contributed by atoms with Gasteiger partial charge in [-0.25, -0.2) is 4.79 Å². The molecule has 2 heterocycles. The summed E-state index contributed by atoms with van der Waals surface area (Å²) in [6, 6.07) is 7.12. The van der Waals surface area contributed by atoms with Crippen LogP contribution in [0.25, 0.3) is 22.3 Å². The average Bonchev–Trinajstić information content (AvgIpc) is 2.77. The number of fused-ring (bicyclic) bond motifs is 1. The van der Waals surface area contributed by atoms with E-state index in [0.29, 0.717) is 21.9 Å². The van der Waals surface area contributed by atoms with Crippen molar-refractivity contribution in [2.45, 2.75) is 0 Å². The second-order valence-electron chi connectivity index (χ2n) is 3.44. The first-order valence-corrected chi connectivity index (χ1v) is 5.23. The molecule has 0 radical (unpaired) electrons. The topological polar surface area (TPSA) is 71.8 Å². The van der Waals surface area contributed by atoms with E-state index < -0.39 is 5.76 Å². The zero-order valence-corrected chi connectivity index (χ0v) is 9.23. The van der Waals surface area contributed by atoms with Gasteiger partial charge in [-0.2, -0.15) is 0 Å². The maximum Gasteiger partial charge on any atom is 0.439 e. The normalized spacial score (nSPS) is 10.9. The monoisotopic (exact) mass is 247 g/mol. The van der Waals surface area contributed by atoms with E-state index >= 15 is 0 Å². The summed E-state index contributed by atoms with van der Waals surface area (Å²) in [5.74, 6) is -0.255. The number of pyridine rings is 1. The van der Waals surface area contributed by atoms with E-state index in [9.17, 15) is 4.79 Å². The molecule has 0 atom stereocenters. The summed E-state index contributed by atoms with van der Waals surface area (Å²) in [6.45, 7) is 0. The van der Waals surface area contributed by atoms with E-state index in [1.165, 1.54) is 0 Å². The highest BCUT2D eigenvalue weighted by atomic mass is 35.5. The van der Waals surface area contributed by atoms with Crippen LogP contribution in [0.15, 0.2) is 39.8 Å². The van der Waals surface area contributed by atoms with Crippen molar-refractivity contribution in [2.75, 3.05) is 0 Å². The molecule has 17 heavy (non-hydrogen) atoms. The molecule has 84 valence electrons. The summed E-state index contributed by atoms with van der Waals surface area (Å²) in [5, 5.41) is 5.04. The van der Waals surface area contributed by atoms with Crippen LogP contribution in [-0.4, -0.2) is 15.1 Å². The standard InChI is InChI=1S/C11H6ClN3O2/c12-8-4-3-7(10-14-11(16)17-15-10)9-6(8)2-1-5-13-9/h1-5H,(H,14,15,16). The summed E-state index contributed by atoms with van der Waals surface area (Å²) in [5.41, 5.74) is 1.35. The van der Waals surface area contributed by atoms with Crippen molar-refractivity contribution in [3.05, 3.63) is 46.0 Å². The Labute approximate surface area is 100 Å². The Balaban J connectivity index is 2.38. The van der Waals surface area contributed by atoms with Gasteiger partial charge in [-0.15, -0.1) is 0 Å². The van der Waals surface area contributed by atoms with Crippen LogP contribution in [0.3, 0.4) is 0 Å². The number of hydrogen-bond acceptors (Lipinski definition) is 4. The molecule has 0 spiro atoms. The lowest BCUT2D eigenvalue weighted by atomic mass is 10.1. The van der Waals surface area contributed by atoms with Crippen molar-refractivity contribution >= 4 is 22.5 Å². The molecule has 0 fully saturated rings. The van der Waals surface area contributed by atoms with Crippen molar-refractivity contribution < 1.29 is 4.52 Å². The van der Waals surface area contributed by atoms with Crippen LogP contribution in [0.1, 0.15) is 0 Å². The maximum absolute atomic E-state index is 10.9. The minimum Gasteiger partial charge on any atom is -0.296 e. The molecular formula is C11H6ClN3O2. The molecule has 0 aliphatic rings. The molecule has 2 aromatic heterocycles. The van der Waals surface area contributed by atoms with Crippen LogP contribution >= 0.6 is 11.6 Å². The molecular weight excluding hydrogens is 242 g/mol. The first kappa shape index (κ1) is 10.0. The lowest BCUT2D eigenvalue weighted by molar-refractivity contribution is 0.388. The molecule has 3 rings (SSSR count). The molecule has 1 aromatic carbocycles. The molecule has 0 saturated carbocycles. The zero-order chi connectivity index (χ0) is 11.8. The van der Waals surface area contributed by atoms with Gasteiger partial charge in [0.25, 0.3) is 0 Å². The van der Waals surface area contributed by atoms with Gasteiger partial charge in [0.1, 0.15) is 0 Å². The highest BCUT2D eigenvalue weighted by molar-refractivity contribution is 6.35. The van der Waals surface area contributed by atoms with Crippen molar-refractivity contribution in [2.24, 2.45) is 0 Å². The quantitative estimate of drug-likeness (QED) is 0.716. The Morgan fingerprint density at radius 2 is 2.18 bits per heavy atom. The van der Waals surface area contributed by atoms with Gasteiger partial charge in [0.2, 0.25) is 0 Å². The van der Waals surface area contributed by atoms with E-state index in [1.807, 2.05) is 6.07 Å². The third kappa shape index (κ3) is 1.60. The number of hydrogen-bond donors (Lipinski definition) is 1. The molecule has 0 amide bonds. The molecule has 0 aliphatic heterocycles. The molecule has 0 saturated heterocycles. The van der Waals surface area contributed by atoms with Crippen LogP contribution in [0.5, 0.6) is 0 Å².